The highest BCUT2D eigenvalue weighted by Gasteiger charge is 2.31. The molecule has 0 bridgehead atoms. The second kappa shape index (κ2) is 5.45. The van der Waals surface area contributed by atoms with Crippen LogP contribution >= 0.6 is 11.6 Å². The SMILES string of the molecule is Cc1ccccc1C1CC(Nc2c(C)ccnc2Cl)C1. The van der Waals surface area contributed by atoms with E-state index >= 15 is 0 Å². The van der Waals surface area contributed by atoms with Crippen LogP contribution in [0, 0.1) is 13.8 Å². The van der Waals surface area contributed by atoms with Crippen LogP contribution in [0.15, 0.2) is 36.5 Å². The van der Waals surface area contributed by atoms with Crippen molar-refractivity contribution in [1.29, 1.82) is 0 Å². The van der Waals surface area contributed by atoms with E-state index in [1.54, 1.807) is 6.20 Å². The van der Waals surface area contributed by atoms with Crippen molar-refractivity contribution in [3.05, 3.63) is 58.4 Å². The molecule has 1 saturated carbocycles. The Morgan fingerprint density at radius 1 is 1.10 bits per heavy atom. The maximum atomic E-state index is 6.16. The lowest BCUT2D eigenvalue weighted by Gasteiger charge is -2.38. The number of benzene rings is 1. The first kappa shape index (κ1) is 13.4. The molecule has 3 heteroatoms. The zero-order valence-electron chi connectivity index (χ0n) is 11.9. The Kier molecular flexibility index (Phi) is 3.66. The predicted molar refractivity (Wildman–Crippen MR) is 84.5 cm³/mol. The smallest absolute Gasteiger partial charge is 0.152 e. The van der Waals surface area contributed by atoms with E-state index < -0.39 is 0 Å². The van der Waals surface area contributed by atoms with E-state index in [0.29, 0.717) is 17.1 Å². The van der Waals surface area contributed by atoms with Crippen molar-refractivity contribution in [2.45, 2.75) is 38.6 Å². The molecule has 0 atom stereocenters. The molecule has 20 heavy (non-hydrogen) atoms. The van der Waals surface area contributed by atoms with Crippen LogP contribution < -0.4 is 5.32 Å². The number of aromatic nitrogens is 1. The molecular weight excluding hydrogens is 268 g/mol. The first-order valence-corrected chi connectivity index (χ1v) is 7.46. The Balaban J connectivity index is 1.66. The van der Waals surface area contributed by atoms with Crippen molar-refractivity contribution in [3.63, 3.8) is 0 Å². The van der Waals surface area contributed by atoms with Crippen molar-refractivity contribution in [2.24, 2.45) is 0 Å². The molecule has 1 aromatic heterocycles. The molecule has 0 aliphatic heterocycles. The molecule has 1 fully saturated rings. The zero-order chi connectivity index (χ0) is 14.1. The highest BCUT2D eigenvalue weighted by Crippen LogP contribution is 2.40. The molecule has 1 N–H and O–H groups in total. The molecule has 0 amide bonds. The molecule has 0 spiro atoms. The van der Waals surface area contributed by atoms with Gasteiger partial charge in [0.25, 0.3) is 0 Å². The van der Waals surface area contributed by atoms with Gasteiger partial charge >= 0.3 is 0 Å². The van der Waals surface area contributed by atoms with Gasteiger partial charge in [-0.3, -0.25) is 0 Å². The van der Waals surface area contributed by atoms with Gasteiger partial charge in [-0.25, -0.2) is 4.98 Å². The quantitative estimate of drug-likeness (QED) is 0.827. The Hall–Kier alpha value is -1.54. The van der Waals surface area contributed by atoms with Crippen LogP contribution in [0.25, 0.3) is 0 Å². The van der Waals surface area contributed by atoms with Gasteiger partial charge < -0.3 is 5.32 Å². The summed E-state index contributed by atoms with van der Waals surface area (Å²) in [6.07, 6.45) is 4.07. The lowest BCUT2D eigenvalue weighted by Crippen LogP contribution is -2.34. The first-order valence-electron chi connectivity index (χ1n) is 7.08. The Bertz CT molecular complexity index is 598. The summed E-state index contributed by atoms with van der Waals surface area (Å²) in [5, 5.41) is 4.11. The van der Waals surface area contributed by atoms with E-state index in [9.17, 15) is 0 Å². The van der Waals surface area contributed by atoms with Crippen molar-refractivity contribution < 1.29 is 0 Å². The average molecular weight is 287 g/mol. The van der Waals surface area contributed by atoms with E-state index in [-0.39, 0.29) is 0 Å². The number of pyridine rings is 1. The first-order chi connectivity index (χ1) is 9.65. The number of halogens is 1. The number of hydrogen-bond donors (Lipinski definition) is 1. The summed E-state index contributed by atoms with van der Waals surface area (Å²) in [5.41, 5.74) is 5.03. The highest BCUT2D eigenvalue weighted by molar-refractivity contribution is 6.32. The molecular formula is C17H19ClN2. The van der Waals surface area contributed by atoms with Gasteiger partial charge in [0.1, 0.15) is 0 Å². The van der Waals surface area contributed by atoms with Crippen molar-refractivity contribution >= 4 is 17.3 Å². The molecule has 2 aromatic rings. The highest BCUT2D eigenvalue weighted by atomic mass is 35.5. The van der Waals surface area contributed by atoms with Crippen LogP contribution in [-0.2, 0) is 0 Å². The minimum atomic E-state index is 0.500. The predicted octanol–water partition coefficient (Wildman–Crippen LogP) is 4.71. The Labute approximate surface area is 125 Å². The van der Waals surface area contributed by atoms with Gasteiger partial charge in [-0.15, -0.1) is 0 Å². The summed E-state index contributed by atoms with van der Waals surface area (Å²) < 4.78 is 0. The lowest BCUT2D eigenvalue weighted by atomic mass is 9.74. The summed E-state index contributed by atoms with van der Waals surface area (Å²) in [6.45, 7) is 4.26. The van der Waals surface area contributed by atoms with E-state index in [1.165, 1.54) is 11.1 Å². The second-order valence-electron chi connectivity index (χ2n) is 5.66. The van der Waals surface area contributed by atoms with Gasteiger partial charge in [-0.2, -0.15) is 0 Å². The summed E-state index contributed by atoms with van der Waals surface area (Å²) in [5.74, 6) is 0.671. The third kappa shape index (κ3) is 2.53. The molecule has 1 aliphatic carbocycles. The molecule has 0 radical (unpaired) electrons. The molecule has 104 valence electrons. The fourth-order valence-electron chi connectivity index (χ4n) is 2.94. The van der Waals surface area contributed by atoms with Gasteiger partial charge in [0.15, 0.2) is 5.15 Å². The molecule has 1 aliphatic rings. The molecule has 0 saturated heterocycles. The maximum absolute atomic E-state index is 6.16. The van der Waals surface area contributed by atoms with E-state index in [2.05, 4.69) is 48.4 Å². The molecule has 0 unspecified atom stereocenters. The lowest BCUT2D eigenvalue weighted by molar-refractivity contribution is 0.373. The maximum Gasteiger partial charge on any atom is 0.152 e. The van der Waals surface area contributed by atoms with Gasteiger partial charge in [0.2, 0.25) is 0 Å². The number of rotatable bonds is 3. The summed E-state index contributed by atoms with van der Waals surface area (Å²) in [7, 11) is 0. The van der Waals surface area contributed by atoms with E-state index in [4.69, 9.17) is 11.6 Å². The van der Waals surface area contributed by atoms with Crippen molar-refractivity contribution in [3.8, 4) is 0 Å². The Morgan fingerprint density at radius 2 is 1.85 bits per heavy atom. The van der Waals surface area contributed by atoms with E-state index in [0.717, 1.165) is 24.1 Å². The number of hydrogen-bond acceptors (Lipinski definition) is 2. The van der Waals surface area contributed by atoms with Crippen LogP contribution in [-0.4, -0.2) is 11.0 Å². The van der Waals surface area contributed by atoms with Crippen molar-refractivity contribution in [2.75, 3.05) is 5.32 Å². The largest absolute Gasteiger partial charge is 0.380 e. The minimum absolute atomic E-state index is 0.500. The topological polar surface area (TPSA) is 24.9 Å². The fraction of sp³-hybridized carbons (Fsp3) is 0.353. The standard InChI is InChI=1S/C17H19ClN2/c1-11-5-3-4-6-15(11)13-9-14(10-13)20-16-12(2)7-8-19-17(16)18/h3-8,13-14,20H,9-10H2,1-2H3. The second-order valence-corrected chi connectivity index (χ2v) is 6.02. The van der Waals surface area contributed by atoms with Crippen LogP contribution in [0.5, 0.6) is 0 Å². The third-order valence-electron chi connectivity index (χ3n) is 4.23. The minimum Gasteiger partial charge on any atom is -0.380 e. The summed E-state index contributed by atoms with van der Waals surface area (Å²) in [4.78, 5) is 4.15. The molecule has 2 nitrogen and oxygen atoms in total. The number of aryl methyl sites for hydroxylation is 2. The fourth-order valence-corrected chi connectivity index (χ4v) is 3.20. The van der Waals surface area contributed by atoms with Crippen LogP contribution in [0.3, 0.4) is 0 Å². The summed E-state index contributed by atoms with van der Waals surface area (Å²) >= 11 is 6.16. The van der Waals surface area contributed by atoms with Gasteiger partial charge in [0.05, 0.1) is 5.69 Å². The molecule has 1 heterocycles. The van der Waals surface area contributed by atoms with Crippen LogP contribution in [0.1, 0.15) is 35.4 Å². The number of nitrogens with one attached hydrogen (secondary N) is 1. The van der Waals surface area contributed by atoms with Gasteiger partial charge in [0, 0.05) is 12.2 Å². The third-order valence-corrected chi connectivity index (χ3v) is 4.51. The van der Waals surface area contributed by atoms with Gasteiger partial charge in [-0.1, -0.05) is 35.9 Å². The monoisotopic (exact) mass is 286 g/mol. The normalized spacial score (nSPS) is 21.4. The Morgan fingerprint density at radius 3 is 2.55 bits per heavy atom. The zero-order valence-corrected chi connectivity index (χ0v) is 12.6. The van der Waals surface area contributed by atoms with Gasteiger partial charge in [-0.05, 0) is 55.4 Å². The summed E-state index contributed by atoms with van der Waals surface area (Å²) in [6, 6.07) is 11.2. The molecule has 3 rings (SSSR count). The average Bonchev–Trinajstić information content (AvgIpc) is 2.37. The number of nitrogens with zero attached hydrogens (tertiary/aromatic N) is 1. The van der Waals surface area contributed by atoms with Crippen LogP contribution in [0.4, 0.5) is 5.69 Å². The van der Waals surface area contributed by atoms with Crippen LogP contribution in [0.2, 0.25) is 5.15 Å². The number of anilines is 1. The van der Waals surface area contributed by atoms with Crippen molar-refractivity contribution in [1.82, 2.24) is 4.98 Å². The molecule has 1 aromatic carbocycles. The van der Waals surface area contributed by atoms with E-state index in [1.807, 2.05) is 6.07 Å².